The van der Waals surface area contributed by atoms with Crippen molar-refractivity contribution in [1.29, 1.82) is 0 Å². The average Bonchev–Trinajstić information content (AvgIpc) is 3.31. The van der Waals surface area contributed by atoms with E-state index in [1.807, 2.05) is 12.1 Å². The Kier molecular flexibility index (Phi) is 6.51. The molecule has 1 unspecified atom stereocenters. The van der Waals surface area contributed by atoms with Crippen LogP contribution in [0.3, 0.4) is 0 Å². The van der Waals surface area contributed by atoms with Crippen molar-refractivity contribution in [2.75, 3.05) is 39.1 Å². The summed E-state index contributed by atoms with van der Waals surface area (Å²) in [4.78, 5) is 17.9. The molecule has 1 atom stereocenters. The number of methoxy groups -OCH3 is 4. The Labute approximate surface area is 201 Å². The van der Waals surface area contributed by atoms with Gasteiger partial charge in [-0.3, -0.25) is 4.79 Å². The van der Waals surface area contributed by atoms with Crippen molar-refractivity contribution in [2.24, 2.45) is 0 Å². The molecule has 0 fully saturated rings. The van der Waals surface area contributed by atoms with Crippen LogP contribution in [0.25, 0.3) is 0 Å². The van der Waals surface area contributed by atoms with Crippen molar-refractivity contribution >= 4 is 29.1 Å². The van der Waals surface area contributed by atoms with Gasteiger partial charge >= 0.3 is 0 Å². The molecule has 2 aromatic carbocycles. The predicted molar refractivity (Wildman–Crippen MR) is 127 cm³/mol. The number of carbonyl (C=O) groups excluding carboxylic acids is 1. The summed E-state index contributed by atoms with van der Waals surface area (Å²) >= 11 is 6.21. The molecule has 0 aliphatic carbocycles. The average molecular weight is 486 g/mol. The fourth-order valence-corrected chi connectivity index (χ4v) is 4.09. The summed E-state index contributed by atoms with van der Waals surface area (Å²) < 4.78 is 23.2. The first-order valence-electron chi connectivity index (χ1n) is 10.2. The highest BCUT2D eigenvalue weighted by molar-refractivity contribution is 6.32. The summed E-state index contributed by atoms with van der Waals surface area (Å²) in [6, 6.07) is 8.06. The third-order valence-corrected chi connectivity index (χ3v) is 5.78. The third kappa shape index (κ3) is 4.08. The molecular weight excluding hydrogens is 462 g/mol. The molecule has 0 radical (unpaired) electrons. The van der Waals surface area contributed by atoms with Gasteiger partial charge in [0.1, 0.15) is 23.9 Å². The van der Waals surface area contributed by atoms with E-state index < -0.39 is 6.04 Å². The molecule has 10 nitrogen and oxygen atoms in total. The van der Waals surface area contributed by atoms with Crippen molar-refractivity contribution in [2.45, 2.75) is 13.0 Å². The summed E-state index contributed by atoms with van der Waals surface area (Å²) in [5.41, 5.74) is 2.22. The summed E-state index contributed by atoms with van der Waals surface area (Å²) in [6.07, 6.45) is 1.43. The SMILES string of the molecule is COc1cc(NC(=O)C2=C(C)Nc3ncnn3C2c2ccc(OC)c(OC)c2)c(OC)cc1Cl. The van der Waals surface area contributed by atoms with Gasteiger partial charge in [0, 0.05) is 17.8 Å². The van der Waals surface area contributed by atoms with Crippen molar-refractivity contribution in [1.82, 2.24) is 14.8 Å². The monoisotopic (exact) mass is 485 g/mol. The number of aromatic nitrogens is 3. The van der Waals surface area contributed by atoms with Crippen LogP contribution in [0.4, 0.5) is 11.6 Å². The van der Waals surface area contributed by atoms with Crippen LogP contribution in [-0.4, -0.2) is 49.1 Å². The lowest BCUT2D eigenvalue weighted by Gasteiger charge is -2.29. The summed E-state index contributed by atoms with van der Waals surface area (Å²) in [6.45, 7) is 1.81. The molecule has 11 heteroatoms. The molecule has 0 bridgehead atoms. The molecule has 1 aliphatic rings. The number of benzene rings is 2. The summed E-state index contributed by atoms with van der Waals surface area (Å²) in [5, 5.41) is 10.8. The Balaban J connectivity index is 1.79. The second-order valence-corrected chi connectivity index (χ2v) is 7.76. The molecular formula is C23H24ClN5O5. The summed E-state index contributed by atoms with van der Waals surface area (Å²) in [5.74, 6) is 2.05. The fourth-order valence-electron chi connectivity index (χ4n) is 3.86. The largest absolute Gasteiger partial charge is 0.495 e. The first-order valence-corrected chi connectivity index (χ1v) is 10.6. The molecule has 1 amide bonds. The Morgan fingerprint density at radius 1 is 1.00 bits per heavy atom. The quantitative estimate of drug-likeness (QED) is 0.518. The molecule has 1 aromatic heterocycles. The fraction of sp³-hybridized carbons (Fsp3) is 0.261. The maximum Gasteiger partial charge on any atom is 0.255 e. The van der Waals surface area contributed by atoms with Gasteiger partial charge in [-0.2, -0.15) is 10.1 Å². The van der Waals surface area contributed by atoms with Gasteiger partial charge < -0.3 is 29.6 Å². The minimum Gasteiger partial charge on any atom is -0.495 e. The number of nitrogens with one attached hydrogen (secondary N) is 2. The molecule has 3 aromatic rings. The molecule has 178 valence electrons. The number of allylic oxidation sites excluding steroid dienone is 1. The molecule has 1 aliphatic heterocycles. The molecule has 4 rings (SSSR count). The highest BCUT2D eigenvalue weighted by Gasteiger charge is 2.34. The van der Waals surface area contributed by atoms with Crippen molar-refractivity contribution in [3.63, 3.8) is 0 Å². The van der Waals surface area contributed by atoms with E-state index in [0.29, 0.717) is 50.9 Å². The number of anilines is 2. The number of rotatable bonds is 7. The van der Waals surface area contributed by atoms with Gasteiger partial charge in [-0.1, -0.05) is 17.7 Å². The number of hydrogen-bond donors (Lipinski definition) is 2. The number of halogens is 1. The number of ether oxygens (including phenoxy) is 4. The lowest BCUT2D eigenvalue weighted by atomic mass is 9.94. The lowest BCUT2D eigenvalue weighted by Crippen LogP contribution is -2.31. The van der Waals surface area contributed by atoms with Crippen LogP contribution in [0, 0.1) is 0 Å². The second kappa shape index (κ2) is 9.52. The number of fused-ring (bicyclic) bond motifs is 1. The van der Waals surface area contributed by atoms with E-state index >= 15 is 0 Å². The van der Waals surface area contributed by atoms with Gasteiger partial charge in [0.15, 0.2) is 11.5 Å². The number of nitrogens with zero attached hydrogens (tertiary/aromatic N) is 3. The molecule has 0 saturated heterocycles. The van der Waals surface area contributed by atoms with Gasteiger partial charge in [0.2, 0.25) is 5.95 Å². The minimum absolute atomic E-state index is 0.363. The highest BCUT2D eigenvalue weighted by atomic mass is 35.5. The van der Waals surface area contributed by atoms with Crippen LogP contribution in [0.15, 0.2) is 47.9 Å². The maximum atomic E-state index is 13.7. The Hall–Kier alpha value is -3.92. The lowest BCUT2D eigenvalue weighted by molar-refractivity contribution is -0.113. The highest BCUT2D eigenvalue weighted by Crippen LogP contribution is 2.40. The number of carbonyl (C=O) groups is 1. The van der Waals surface area contributed by atoms with Gasteiger partial charge in [-0.15, -0.1) is 0 Å². The molecule has 0 saturated carbocycles. The first kappa shape index (κ1) is 23.2. The maximum absolute atomic E-state index is 13.7. The predicted octanol–water partition coefficient (Wildman–Crippen LogP) is 3.89. The van der Waals surface area contributed by atoms with Crippen molar-refractivity contribution < 1.29 is 23.7 Å². The van der Waals surface area contributed by atoms with Crippen LogP contribution in [0.1, 0.15) is 18.5 Å². The normalized spacial score (nSPS) is 14.7. The van der Waals surface area contributed by atoms with Crippen LogP contribution >= 0.6 is 11.6 Å². The Morgan fingerprint density at radius 3 is 2.38 bits per heavy atom. The Bertz CT molecular complexity index is 1270. The second-order valence-electron chi connectivity index (χ2n) is 7.35. The molecule has 2 N–H and O–H groups in total. The van der Waals surface area contributed by atoms with E-state index in [2.05, 4.69) is 20.7 Å². The smallest absolute Gasteiger partial charge is 0.255 e. The van der Waals surface area contributed by atoms with Gasteiger partial charge in [-0.25, -0.2) is 4.68 Å². The standard InChI is InChI=1S/C23H24ClN5O5/c1-12-20(22(30)28-15-10-17(32-3)14(24)9-18(15)33-4)21(29-23(27-12)25-11-26-29)13-6-7-16(31-2)19(8-13)34-5/h6-11,21H,1-5H3,(H,28,30)(H,25,26,27). The van der Waals surface area contributed by atoms with Gasteiger partial charge in [0.05, 0.1) is 44.7 Å². The van der Waals surface area contributed by atoms with E-state index in [9.17, 15) is 4.79 Å². The number of hydrogen-bond acceptors (Lipinski definition) is 8. The third-order valence-electron chi connectivity index (χ3n) is 5.48. The van der Waals surface area contributed by atoms with Crippen LogP contribution in [0.5, 0.6) is 23.0 Å². The molecule has 2 heterocycles. The van der Waals surface area contributed by atoms with E-state index in [-0.39, 0.29) is 5.91 Å². The van der Waals surface area contributed by atoms with Crippen molar-refractivity contribution in [3.8, 4) is 23.0 Å². The molecule has 0 spiro atoms. The van der Waals surface area contributed by atoms with Gasteiger partial charge in [0.25, 0.3) is 5.91 Å². The van der Waals surface area contributed by atoms with Gasteiger partial charge in [-0.05, 0) is 24.6 Å². The minimum atomic E-state index is -0.584. The van der Waals surface area contributed by atoms with E-state index in [1.54, 1.807) is 44.0 Å². The zero-order valence-electron chi connectivity index (χ0n) is 19.3. The number of amides is 1. The van der Waals surface area contributed by atoms with E-state index in [1.165, 1.54) is 20.5 Å². The topological polar surface area (TPSA) is 109 Å². The first-order chi connectivity index (χ1) is 16.4. The van der Waals surface area contributed by atoms with Crippen molar-refractivity contribution in [3.05, 3.63) is 58.5 Å². The Morgan fingerprint density at radius 2 is 1.71 bits per heavy atom. The van der Waals surface area contributed by atoms with E-state index in [4.69, 9.17) is 30.5 Å². The zero-order chi connectivity index (χ0) is 24.4. The van der Waals surface area contributed by atoms with Crippen LogP contribution in [0.2, 0.25) is 5.02 Å². The van der Waals surface area contributed by atoms with E-state index in [0.717, 1.165) is 5.56 Å². The molecule has 34 heavy (non-hydrogen) atoms. The van der Waals surface area contributed by atoms with Crippen LogP contribution < -0.4 is 29.6 Å². The summed E-state index contributed by atoms with van der Waals surface area (Å²) in [7, 11) is 6.11. The van der Waals surface area contributed by atoms with Crippen LogP contribution in [-0.2, 0) is 4.79 Å². The zero-order valence-corrected chi connectivity index (χ0v) is 20.1.